The molecule has 7 heteroatoms. The number of hydrogen-bond donors (Lipinski definition) is 2. The molecule has 1 aliphatic heterocycles. The highest BCUT2D eigenvalue weighted by Crippen LogP contribution is 2.17. The Kier molecular flexibility index (Phi) is 5.36. The third-order valence-electron chi connectivity index (χ3n) is 3.06. The van der Waals surface area contributed by atoms with Gasteiger partial charge < -0.3 is 15.2 Å². The van der Waals surface area contributed by atoms with E-state index in [4.69, 9.17) is 15.2 Å². The zero-order valence-electron chi connectivity index (χ0n) is 11.2. The normalized spacial score (nSPS) is 17.1. The molecule has 0 unspecified atom stereocenters. The molecule has 3 N–H and O–H groups in total. The van der Waals surface area contributed by atoms with Crippen molar-refractivity contribution in [2.75, 3.05) is 26.4 Å². The second kappa shape index (κ2) is 7.03. The van der Waals surface area contributed by atoms with Crippen molar-refractivity contribution in [2.45, 2.75) is 23.8 Å². The summed E-state index contributed by atoms with van der Waals surface area (Å²) in [7, 11) is -3.48. The Morgan fingerprint density at radius 3 is 2.50 bits per heavy atom. The Morgan fingerprint density at radius 2 is 1.90 bits per heavy atom. The van der Waals surface area contributed by atoms with Gasteiger partial charge in [-0.25, -0.2) is 13.1 Å². The topological polar surface area (TPSA) is 90.7 Å². The minimum Gasteiger partial charge on any atom is -0.492 e. The maximum absolute atomic E-state index is 12.2. The summed E-state index contributed by atoms with van der Waals surface area (Å²) in [5.74, 6) is 0.612. The first-order valence-corrected chi connectivity index (χ1v) is 8.13. The second-order valence-electron chi connectivity index (χ2n) is 4.62. The molecule has 1 aromatic carbocycles. The van der Waals surface area contributed by atoms with E-state index in [1.165, 1.54) is 12.1 Å². The Labute approximate surface area is 119 Å². The Morgan fingerprint density at radius 1 is 1.25 bits per heavy atom. The van der Waals surface area contributed by atoms with E-state index in [1.807, 2.05) is 0 Å². The van der Waals surface area contributed by atoms with Gasteiger partial charge in [0.25, 0.3) is 0 Å². The van der Waals surface area contributed by atoms with Crippen LogP contribution in [0.25, 0.3) is 0 Å². The number of ether oxygens (including phenoxy) is 2. The highest BCUT2D eigenvalue weighted by atomic mass is 32.2. The molecule has 6 nitrogen and oxygen atoms in total. The van der Waals surface area contributed by atoms with Gasteiger partial charge in [0.05, 0.1) is 4.90 Å². The number of rotatable bonds is 6. The Bertz CT molecular complexity index is 510. The molecule has 0 saturated carbocycles. The van der Waals surface area contributed by atoms with Crippen LogP contribution in [0.3, 0.4) is 0 Å². The zero-order valence-corrected chi connectivity index (χ0v) is 12.1. The average molecular weight is 300 g/mol. The lowest BCUT2D eigenvalue weighted by Gasteiger charge is -2.22. The van der Waals surface area contributed by atoms with Crippen molar-refractivity contribution in [2.24, 2.45) is 5.73 Å². The first-order valence-electron chi connectivity index (χ1n) is 6.65. The van der Waals surface area contributed by atoms with Crippen LogP contribution in [0.5, 0.6) is 5.75 Å². The van der Waals surface area contributed by atoms with Gasteiger partial charge in [-0.1, -0.05) is 0 Å². The van der Waals surface area contributed by atoms with Crippen molar-refractivity contribution in [3.63, 3.8) is 0 Å². The molecular formula is C13H20N2O4S. The molecule has 2 rings (SSSR count). The van der Waals surface area contributed by atoms with E-state index in [0.717, 1.165) is 0 Å². The van der Waals surface area contributed by atoms with Crippen LogP contribution in [0.2, 0.25) is 0 Å². The summed E-state index contributed by atoms with van der Waals surface area (Å²) in [6, 6.07) is 6.28. The van der Waals surface area contributed by atoms with Gasteiger partial charge in [-0.3, -0.25) is 0 Å². The maximum Gasteiger partial charge on any atom is 0.240 e. The van der Waals surface area contributed by atoms with Gasteiger partial charge in [-0.2, -0.15) is 0 Å². The number of nitrogens with two attached hydrogens (primary N) is 1. The summed E-state index contributed by atoms with van der Waals surface area (Å²) in [4.78, 5) is 0.240. The average Bonchev–Trinajstić information content (AvgIpc) is 2.46. The molecule has 20 heavy (non-hydrogen) atoms. The summed E-state index contributed by atoms with van der Waals surface area (Å²) in [5.41, 5.74) is 5.34. The number of benzene rings is 1. The molecule has 112 valence electrons. The van der Waals surface area contributed by atoms with E-state index in [9.17, 15) is 8.42 Å². The predicted molar refractivity (Wildman–Crippen MR) is 75.2 cm³/mol. The summed E-state index contributed by atoms with van der Waals surface area (Å²) in [5, 5.41) is 0. The van der Waals surface area contributed by atoms with Gasteiger partial charge in [0, 0.05) is 25.8 Å². The Balaban J connectivity index is 2.01. The molecule has 0 bridgehead atoms. The van der Waals surface area contributed by atoms with E-state index >= 15 is 0 Å². The summed E-state index contributed by atoms with van der Waals surface area (Å²) < 4.78 is 37.7. The van der Waals surface area contributed by atoms with E-state index < -0.39 is 10.0 Å². The SMILES string of the molecule is NCCOc1ccc(S(=O)(=O)NC2CCOCC2)cc1. The van der Waals surface area contributed by atoms with Crippen molar-refractivity contribution in [1.29, 1.82) is 0 Å². The highest BCUT2D eigenvalue weighted by Gasteiger charge is 2.21. The summed E-state index contributed by atoms with van der Waals surface area (Å²) in [6.45, 7) is 2.02. The second-order valence-corrected chi connectivity index (χ2v) is 6.33. The molecule has 1 fully saturated rings. The lowest BCUT2D eigenvalue weighted by Crippen LogP contribution is -2.38. The van der Waals surface area contributed by atoms with Gasteiger partial charge in [-0.05, 0) is 37.1 Å². The molecule has 0 aromatic heterocycles. The van der Waals surface area contributed by atoms with Crippen molar-refractivity contribution in [1.82, 2.24) is 4.72 Å². The van der Waals surface area contributed by atoms with Crippen molar-refractivity contribution < 1.29 is 17.9 Å². The van der Waals surface area contributed by atoms with Crippen LogP contribution in [0.1, 0.15) is 12.8 Å². The molecule has 0 spiro atoms. The lowest BCUT2D eigenvalue weighted by molar-refractivity contribution is 0.0832. The third kappa shape index (κ3) is 4.17. The Hall–Kier alpha value is -1.15. The van der Waals surface area contributed by atoms with Gasteiger partial charge >= 0.3 is 0 Å². The number of nitrogens with one attached hydrogen (secondary N) is 1. The molecule has 0 atom stereocenters. The zero-order chi connectivity index (χ0) is 14.4. The fraction of sp³-hybridized carbons (Fsp3) is 0.538. The van der Waals surface area contributed by atoms with E-state index in [2.05, 4.69) is 4.72 Å². The molecule has 0 radical (unpaired) electrons. The fourth-order valence-electron chi connectivity index (χ4n) is 1.99. The smallest absolute Gasteiger partial charge is 0.240 e. The first kappa shape index (κ1) is 15.2. The largest absolute Gasteiger partial charge is 0.492 e. The van der Waals surface area contributed by atoms with Gasteiger partial charge in [0.1, 0.15) is 12.4 Å². The number of sulfonamides is 1. The van der Waals surface area contributed by atoms with Crippen LogP contribution in [-0.2, 0) is 14.8 Å². The van der Waals surface area contributed by atoms with Crippen LogP contribution in [0.4, 0.5) is 0 Å². The predicted octanol–water partition coefficient (Wildman–Crippen LogP) is 0.481. The summed E-state index contributed by atoms with van der Waals surface area (Å²) >= 11 is 0. The van der Waals surface area contributed by atoms with Crippen LogP contribution < -0.4 is 15.2 Å². The number of hydrogen-bond acceptors (Lipinski definition) is 5. The minimum atomic E-state index is -3.48. The van der Waals surface area contributed by atoms with E-state index in [-0.39, 0.29) is 10.9 Å². The van der Waals surface area contributed by atoms with E-state index in [1.54, 1.807) is 12.1 Å². The van der Waals surface area contributed by atoms with Gasteiger partial charge in [0.15, 0.2) is 0 Å². The van der Waals surface area contributed by atoms with Crippen LogP contribution in [0.15, 0.2) is 29.2 Å². The maximum atomic E-state index is 12.2. The molecule has 1 saturated heterocycles. The first-order chi connectivity index (χ1) is 9.62. The van der Waals surface area contributed by atoms with Crippen LogP contribution in [-0.4, -0.2) is 40.8 Å². The van der Waals surface area contributed by atoms with Crippen molar-refractivity contribution in [3.8, 4) is 5.75 Å². The fourth-order valence-corrected chi connectivity index (χ4v) is 3.30. The standard InChI is InChI=1S/C13H20N2O4S/c14-7-10-19-12-1-3-13(4-2-12)20(16,17)15-11-5-8-18-9-6-11/h1-4,11,15H,5-10,14H2. The molecule has 0 amide bonds. The van der Waals surface area contributed by atoms with Crippen molar-refractivity contribution >= 4 is 10.0 Å². The third-order valence-corrected chi connectivity index (χ3v) is 4.60. The van der Waals surface area contributed by atoms with Crippen LogP contribution in [0, 0.1) is 0 Å². The van der Waals surface area contributed by atoms with E-state index in [0.29, 0.717) is 45.0 Å². The lowest BCUT2D eigenvalue weighted by atomic mass is 10.1. The molecule has 1 aliphatic rings. The minimum absolute atomic E-state index is 0.0538. The molecule has 1 heterocycles. The van der Waals surface area contributed by atoms with Crippen LogP contribution >= 0.6 is 0 Å². The van der Waals surface area contributed by atoms with Gasteiger partial charge in [0.2, 0.25) is 10.0 Å². The summed E-state index contributed by atoms with van der Waals surface area (Å²) in [6.07, 6.45) is 1.41. The quantitative estimate of drug-likeness (QED) is 0.797. The molecular weight excluding hydrogens is 280 g/mol. The highest BCUT2D eigenvalue weighted by molar-refractivity contribution is 7.89. The molecule has 0 aliphatic carbocycles. The molecule has 1 aromatic rings. The van der Waals surface area contributed by atoms with Gasteiger partial charge in [-0.15, -0.1) is 0 Å². The monoisotopic (exact) mass is 300 g/mol. The van der Waals surface area contributed by atoms with Crippen molar-refractivity contribution in [3.05, 3.63) is 24.3 Å².